The molecule has 2 unspecified atom stereocenters. The highest BCUT2D eigenvalue weighted by atomic mass is 16.1. The fraction of sp³-hybridized carbons (Fsp3) is 0.417. The van der Waals surface area contributed by atoms with Crippen molar-refractivity contribution in [3.63, 3.8) is 0 Å². The summed E-state index contributed by atoms with van der Waals surface area (Å²) in [6.07, 6.45) is 13.6. The number of rotatable bonds is 8. The van der Waals surface area contributed by atoms with Crippen LogP contribution in [0, 0.1) is 31.6 Å². The predicted octanol–water partition coefficient (Wildman–Crippen LogP) is 8.96. The van der Waals surface area contributed by atoms with Gasteiger partial charge in [0.2, 0.25) is 0 Å². The zero-order valence-corrected chi connectivity index (χ0v) is 23.4. The molecular weight excluding hydrogens is 448 g/mol. The van der Waals surface area contributed by atoms with E-state index in [9.17, 15) is 4.79 Å². The Hall–Kier alpha value is -2.93. The number of carbonyl (C=O) groups is 1. The Morgan fingerprint density at radius 3 is 2.62 bits per heavy atom. The van der Waals surface area contributed by atoms with E-state index in [1.165, 1.54) is 68.5 Å². The van der Waals surface area contributed by atoms with Crippen molar-refractivity contribution in [1.29, 1.82) is 0 Å². The van der Waals surface area contributed by atoms with Gasteiger partial charge in [-0.25, -0.2) is 0 Å². The number of benzene rings is 2. The van der Waals surface area contributed by atoms with Gasteiger partial charge in [0.05, 0.1) is 0 Å². The van der Waals surface area contributed by atoms with E-state index in [0.29, 0.717) is 18.3 Å². The van der Waals surface area contributed by atoms with E-state index < -0.39 is 0 Å². The Balaban J connectivity index is 1.38. The monoisotopic (exact) mass is 490 g/mol. The quantitative estimate of drug-likeness (QED) is 0.361. The molecule has 0 radical (unpaired) electrons. The van der Waals surface area contributed by atoms with Crippen LogP contribution in [0.5, 0.6) is 0 Å². The van der Waals surface area contributed by atoms with Crippen molar-refractivity contribution in [3.8, 4) is 0 Å². The van der Waals surface area contributed by atoms with Crippen LogP contribution in [0.15, 0.2) is 65.8 Å². The highest BCUT2D eigenvalue weighted by Gasteiger charge is 2.30. The Morgan fingerprint density at radius 2 is 1.84 bits per heavy atom. The number of aryl methyl sites for hydroxylation is 2. The van der Waals surface area contributed by atoms with Gasteiger partial charge >= 0.3 is 0 Å². The van der Waals surface area contributed by atoms with Crippen molar-refractivity contribution in [3.05, 3.63) is 105 Å². The van der Waals surface area contributed by atoms with E-state index in [-0.39, 0.29) is 5.78 Å². The average Bonchev–Trinajstić information content (AvgIpc) is 3.38. The highest BCUT2D eigenvalue weighted by Crippen LogP contribution is 2.43. The topological polar surface area (TPSA) is 17.1 Å². The van der Waals surface area contributed by atoms with Gasteiger partial charge in [-0.1, -0.05) is 81.8 Å². The maximum atomic E-state index is 13.2. The summed E-state index contributed by atoms with van der Waals surface area (Å²) < 4.78 is 0. The summed E-state index contributed by atoms with van der Waals surface area (Å²) in [5, 5.41) is 0. The molecule has 2 aromatic rings. The van der Waals surface area contributed by atoms with Crippen LogP contribution >= 0.6 is 0 Å². The van der Waals surface area contributed by atoms with Gasteiger partial charge in [0.25, 0.3) is 0 Å². The predicted molar refractivity (Wildman–Crippen MR) is 158 cm³/mol. The minimum Gasteiger partial charge on any atom is -0.294 e. The summed E-state index contributed by atoms with van der Waals surface area (Å²) in [5.41, 5.74) is 14.3. The zero-order chi connectivity index (χ0) is 26.3. The smallest absolute Gasteiger partial charge is 0.167 e. The lowest BCUT2D eigenvalue weighted by Gasteiger charge is -2.20. The second-order valence-corrected chi connectivity index (χ2v) is 12.3. The molecule has 0 spiro atoms. The molecule has 1 nitrogen and oxygen atoms in total. The molecule has 3 aliphatic carbocycles. The fourth-order valence-corrected chi connectivity index (χ4v) is 6.56. The lowest BCUT2D eigenvalue weighted by Crippen LogP contribution is -2.13. The van der Waals surface area contributed by atoms with Crippen LogP contribution in [0.4, 0.5) is 0 Å². The van der Waals surface area contributed by atoms with Gasteiger partial charge in [-0.05, 0) is 120 Å². The lowest BCUT2D eigenvalue weighted by atomic mass is 9.83. The molecule has 3 aliphatic rings. The first-order chi connectivity index (χ1) is 17.7. The van der Waals surface area contributed by atoms with E-state index in [2.05, 4.69) is 89.8 Å². The standard InChI is InChI=1S/C36H42O/c1-22(2)10-13-27-17-32-18-30-19-33(20-31(30)21-34(32)26(27)6)36-28(8-7-9-35(36)37)15-24(4)16-29-14-23(3)11-12-25(29)5/h7-8,11-12,14,18,20-22,24,27H,6,9-10,13,15-17,19H2,1-5H3. The second kappa shape index (κ2) is 10.4. The summed E-state index contributed by atoms with van der Waals surface area (Å²) in [4.78, 5) is 13.2. The molecule has 0 N–H and O–H groups in total. The van der Waals surface area contributed by atoms with Gasteiger partial charge in [0.15, 0.2) is 5.78 Å². The number of carbonyl (C=O) groups excluding carboxylic acids is 1. The van der Waals surface area contributed by atoms with Crippen LogP contribution in [-0.4, -0.2) is 5.78 Å². The van der Waals surface area contributed by atoms with Crippen molar-refractivity contribution in [2.75, 3.05) is 0 Å². The first kappa shape index (κ1) is 25.7. The SMILES string of the molecule is C=C1c2cc3c(cc2CC1CCC(C)C)CC(C1=C(CC(C)Cc2cc(C)ccc2C)C=CCC1=O)=C3. The third kappa shape index (κ3) is 5.37. The molecule has 0 saturated heterocycles. The van der Waals surface area contributed by atoms with Crippen LogP contribution in [0.2, 0.25) is 0 Å². The number of ketones is 1. The van der Waals surface area contributed by atoms with Crippen molar-refractivity contribution >= 4 is 17.4 Å². The Morgan fingerprint density at radius 1 is 1.03 bits per heavy atom. The van der Waals surface area contributed by atoms with Gasteiger partial charge in [0.1, 0.15) is 0 Å². The van der Waals surface area contributed by atoms with Crippen LogP contribution in [-0.2, 0) is 24.1 Å². The minimum absolute atomic E-state index is 0.279. The number of allylic oxidation sites excluding steroid dienone is 6. The molecule has 0 saturated carbocycles. The average molecular weight is 491 g/mol. The van der Waals surface area contributed by atoms with Gasteiger partial charge in [-0.3, -0.25) is 4.79 Å². The summed E-state index contributed by atoms with van der Waals surface area (Å²) in [6.45, 7) is 15.8. The van der Waals surface area contributed by atoms with E-state index in [1.54, 1.807) is 0 Å². The molecule has 0 fully saturated rings. The Kier molecular flexibility index (Phi) is 7.26. The molecular formula is C36H42O. The van der Waals surface area contributed by atoms with Crippen molar-refractivity contribution < 1.29 is 4.79 Å². The molecule has 0 amide bonds. The molecule has 2 atom stereocenters. The minimum atomic E-state index is 0.279. The van der Waals surface area contributed by atoms with Crippen LogP contribution in [0.25, 0.3) is 11.6 Å². The summed E-state index contributed by atoms with van der Waals surface area (Å²) in [5.74, 6) is 2.07. The molecule has 0 aromatic heterocycles. The zero-order valence-electron chi connectivity index (χ0n) is 23.4. The molecule has 37 heavy (non-hydrogen) atoms. The van der Waals surface area contributed by atoms with Gasteiger partial charge < -0.3 is 0 Å². The van der Waals surface area contributed by atoms with Crippen molar-refractivity contribution in [2.24, 2.45) is 17.8 Å². The maximum absolute atomic E-state index is 13.2. The first-order valence-electron chi connectivity index (χ1n) is 14.2. The molecule has 0 aliphatic heterocycles. The molecule has 2 aromatic carbocycles. The molecule has 1 heteroatoms. The van der Waals surface area contributed by atoms with E-state index in [0.717, 1.165) is 37.2 Å². The molecule has 0 bridgehead atoms. The number of hydrogen-bond donors (Lipinski definition) is 0. The number of Topliss-reactive ketones (excluding diaryl/α,β-unsaturated/α-hetero) is 1. The second-order valence-electron chi connectivity index (χ2n) is 12.3. The Bertz CT molecular complexity index is 1340. The molecule has 192 valence electrons. The Labute approximate surface area is 224 Å². The number of hydrogen-bond acceptors (Lipinski definition) is 1. The van der Waals surface area contributed by atoms with E-state index in [1.807, 2.05) is 0 Å². The van der Waals surface area contributed by atoms with Gasteiger partial charge in [0, 0.05) is 12.0 Å². The third-order valence-electron chi connectivity index (χ3n) is 8.66. The first-order valence-corrected chi connectivity index (χ1v) is 14.2. The highest BCUT2D eigenvalue weighted by molar-refractivity contribution is 6.04. The van der Waals surface area contributed by atoms with Gasteiger partial charge in [-0.15, -0.1) is 0 Å². The van der Waals surface area contributed by atoms with Crippen LogP contribution in [0.3, 0.4) is 0 Å². The van der Waals surface area contributed by atoms with E-state index >= 15 is 0 Å². The summed E-state index contributed by atoms with van der Waals surface area (Å²) in [7, 11) is 0. The fourth-order valence-electron chi connectivity index (χ4n) is 6.56. The maximum Gasteiger partial charge on any atom is 0.167 e. The van der Waals surface area contributed by atoms with Crippen LogP contribution < -0.4 is 0 Å². The summed E-state index contributed by atoms with van der Waals surface area (Å²) >= 11 is 0. The largest absolute Gasteiger partial charge is 0.294 e. The number of fused-ring (bicyclic) bond motifs is 2. The van der Waals surface area contributed by atoms with Crippen molar-refractivity contribution in [1.82, 2.24) is 0 Å². The lowest BCUT2D eigenvalue weighted by molar-refractivity contribution is -0.114. The van der Waals surface area contributed by atoms with E-state index in [4.69, 9.17) is 0 Å². The molecule has 5 rings (SSSR count). The summed E-state index contributed by atoms with van der Waals surface area (Å²) in [6, 6.07) is 11.5. The van der Waals surface area contributed by atoms with Crippen LogP contribution in [0.1, 0.15) is 85.4 Å². The van der Waals surface area contributed by atoms with Crippen molar-refractivity contribution in [2.45, 2.75) is 79.6 Å². The van der Waals surface area contributed by atoms with Gasteiger partial charge in [-0.2, -0.15) is 0 Å². The normalized spacial score (nSPS) is 19.5. The third-order valence-corrected chi connectivity index (χ3v) is 8.66. The molecule has 0 heterocycles.